The Balaban J connectivity index is 3.48. The molecule has 0 radical (unpaired) electrons. The molecule has 3 N–H and O–H groups in total. The predicted octanol–water partition coefficient (Wildman–Crippen LogP) is -1.01. The minimum absolute atomic E-state index is 0.170. The Morgan fingerprint density at radius 2 is 2.23 bits per heavy atom. The summed E-state index contributed by atoms with van der Waals surface area (Å²) in [6.45, 7) is -6.52. The van der Waals surface area contributed by atoms with Gasteiger partial charge in [-0.25, -0.2) is 0 Å². The summed E-state index contributed by atoms with van der Waals surface area (Å²) >= 11 is 0. The highest BCUT2D eigenvalue weighted by Gasteiger charge is 2.20. The third-order valence-electron chi connectivity index (χ3n) is 1.45. The quantitative estimate of drug-likeness (QED) is 0.518. The van der Waals surface area contributed by atoms with Crippen molar-refractivity contribution in [3.05, 3.63) is 24.0 Å². The highest BCUT2D eigenvalue weighted by atomic mass is 16.4. The fourth-order valence-corrected chi connectivity index (χ4v) is 0.805. The molecule has 0 aromatic carbocycles. The van der Waals surface area contributed by atoms with Crippen molar-refractivity contribution < 1.29 is 23.4 Å². The molecule has 13 heavy (non-hydrogen) atoms. The molecule has 0 amide bonds. The maximum atomic E-state index is 10.1. The van der Waals surface area contributed by atoms with Crippen LogP contribution >= 0.6 is 0 Å². The molecular weight excluding hydrogens is 169 g/mol. The van der Waals surface area contributed by atoms with Crippen LogP contribution in [-0.2, 0) is 5.60 Å². The second-order valence-corrected chi connectivity index (χ2v) is 2.56. The van der Waals surface area contributed by atoms with Gasteiger partial charge in [0.2, 0.25) is 0 Å². The third kappa shape index (κ3) is 2.52. The van der Waals surface area contributed by atoms with Crippen LogP contribution in [-0.4, -0.2) is 27.3 Å². The lowest BCUT2D eigenvalue weighted by molar-refractivity contribution is 0.0739. The minimum Gasteiger partial charge on any atom is -0.423 e. The zero-order valence-corrected chi connectivity index (χ0v) is 6.60. The molecule has 1 heterocycles. The van der Waals surface area contributed by atoms with Crippen molar-refractivity contribution in [1.29, 1.82) is 0 Å². The van der Waals surface area contributed by atoms with Crippen molar-refractivity contribution in [1.82, 2.24) is 4.98 Å². The van der Waals surface area contributed by atoms with Crippen LogP contribution in [0.3, 0.4) is 0 Å². The first-order chi connectivity index (χ1) is 8.41. The molecule has 0 aliphatic rings. The first-order valence-corrected chi connectivity index (χ1v) is 3.46. The smallest absolute Gasteiger partial charge is 0.423 e. The molecule has 0 aliphatic heterocycles. The van der Waals surface area contributed by atoms with Crippen molar-refractivity contribution in [2.24, 2.45) is 0 Å². The summed E-state index contributed by atoms with van der Waals surface area (Å²) in [7, 11) is -1.93. The lowest BCUT2D eigenvalue weighted by Crippen LogP contribution is -2.32. The summed E-state index contributed by atoms with van der Waals surface area (Å²) in [5.41, 5.74) is -4.03. The van der Waals surface area contributed by atoms with Crippen LogP contribution in [0.15, 0.2) is 18.3 Å². The zero-order valence-electron chi connectivity index (χ0n) is 12.6. The van der Waals surface area contributed by atoms with E-state index in [0.29, 0.717) is 0 Å². The van der Waals surface area contributed by atoms with Gasteiger partial charge in [-0.2, -0.15) is 0 Å². The van der Waals surface area contributed by atoms with E-state index in [0.717, 1.165) is 18.3 Å². The highest BCUT2D eigenvalue weighted by molar-refractivity contribution is 6.58. The Labute approximate surface area is 85.5 Å². The monoisotopic (exact) mass is 187 g/mol. The number of rotatable bonds is 2. The van der Waals surface area contributed by atoms with Gasteiger partial charge in [0.25, 0.3) is 0 Å². The number of pyridine rings is 1. The maximum Gasteiger partial charge on any atom is 0.488 e. The fourth-order valence-electron chi connectivity index (χ4n) is 0.805. The van der Waals surface area contributed by atoms with E-state index < -0.39 is 32.1 Å². The summed E-state index contributed by atoms with van der Waals surface area (Å²) in [6.07, 6.45) is 0.993. The maximum absolute atomic E-state index is 10.1. The molecule has 1 rings (SSSR count). The van der Waals surface area contributed by atoms with Crippen molar-refractivity contribution in [2.75, 3.05) is 0 Å². The number of hydrogen-bond acceptors (Lipinski definition) is 4. The Bertz CT molecular complexity index is 447. The molecule has 5 heteroatoms. The van der Waals surface area contributed by atoms with Crippen molar-refractivity contribution >= 4 is 12.6 Å². The second kappa shape index (κ2) is 3.45. The van der Waals surface area contributed by atoms with Gasteiger partial charge in [-0.05, 0) is 31.3 Å². The minimum atomic E-state index is -3.26. The van der Waals surface area contributed by atoms with Crippen molar-refractivity contribution in [2.45, 2.75) is 19.3 Å². The van der Waals surface area contributed by atoms with E-state index in [2.05, 4.69) is 4.98 Å². The molecule has 0 spiro atoms. The lowest BCUT2D eigenvalue weighted by Gasteiger charge is -2.16. The molecule has 1 aromatic heterocycles. The van der Waals surface area contributed by atoms with Crippen molar-refractivity contribution in [3.63, 3.8) is 0 Å². The van der Waals surface area contributed by atoms with Gasteiger partial charge in [-0.1, -0.05) is 0 Å². The van der Waals surface area contributed by atoms with Crippen LogP contribution in [0, 0.1) is 0 Å². The molecule has 0 fully saturated rings. The summed E-state index contributed by atoms with van der Waals surface area (Å²) in [4.78, 5) is 3.53. The molecule has 1 aromatic rings. The Morgan fingerprint density at radius 1 is 1.54 bits per heavy atom. The Kier molecular flexibility index (Phi) is 1.21. The van der Waals surface area contributed by atoms with Gasteiger partial charge in [-0.15, -0.1) is 0 Å². The summed E-state index contributed by atoms with van der Waals surface area (Å²) in [6, 6.07) is 2.00. The summed E-state index contributed by atoms with van der Waals surface area (Å²) < 4.78 is 43.3. The van der Waals surface area contributed by atoms with Crippen LogP contribution in [0.1, 0.15) is 27.6 Å². The molecule has 0 bridgehead atoms. The van der Waals surface area contributed by atoms with E-state index in [1.165, 1.54) is 0 Å². The molecule has 0 saturated heterocycles. The van der Waals surface area contributed by atoms with Gasteiger partial charge in [0, 0.05) is 14.4 Å². The van der Waals surface area contributed by atoms with E-state index in [4.69, 9.17) is 18.3 Å². The normalized spacial score (nSPS) is 20.2. The second-order valence-electron chi connectivity index (χ2n) is 2.56. The fraction of sp³-hybridized carbons (Fsp3) is 0.375. The van der Waals surface area contributed by atoms with Crippen molar-refractivity contribution in [3.8, 4) is 0 Å². The van der Waals surface area contributed by atoms with Gasteiger partial charge in [-0.3, -0.25) is 4.98 Å². The number of hydrogen-bond donors (Lipinski definition) is 3. The van der Waals surface area contributed by atoms with Crippen LogP contribution in [0.4, 0.5) is 0 Å². The zero-order chi connectivity index (χ0) is 15.1. The van der Waals surface area contributed by atoms with Gasteiger partial charge < -0.3 is 15.2 Å². The SMILES string of the molecule is [2H]C([2H])([2H])C(O)(c1cc(B(O)O)ccn1)C([2H])([2H])[2H]. The molecular formula is C8H12BNO3. The first kappa shape index (κ1) is 4.55. The molecule has 0 atom stereocenters. The summed E-state index contributed by atoms with van der Waals surface area (Å²) in [5, 5.41) is 28.1. The standard InChI is InChI=1S/C8H12BNO3/c1-8(2,11)7-5-6(9(12)13)3-4-10-7/h3-5,11-13H,1-2H3/i1D3,2D3. The van der Waals surface area contributed by atoms with Crippen LogP contribution in [0.5, 0.6) is 0 Å². The highest BCUT2D eigenvalue weighted by Crippen LogP contribution is 2.14. The van der Waals surface area contributed by atoms with Gasteiger partial charge in [0.1, 0.15) is 5.60 Å². The van der Waals surface area contributed by atoms with E-state index in [1.54, 1.807) is 0 Å². The average Bonchev–Trinajstić information content (AvgIpc) is 2.25. The lowest BCUT2D eigenvalue weighted by atomic mass is 9.80. The van der Waals surface area contributed by atoms with E-state index >= 15 is 0 Å². The van der Waals surface area contributed by atoms with Crippen LogP contribution in [0.25, 0.3) is 0 Å². The number of aliphatic hydroxyl groups is 1. The van der Waals surface area contributed by atoms with E-state index in [-0.39, 0.29) is 5.46 Å². The van der Waals surface area contributed by atoms with Crippen LogP contribution in [0.2, 0.25) is 0 Å². The third-order valence-corrected chi connectivity index (χ3v) is 1.45. The predicted molar refractivity (Wildman–Crippen MR) is 49.3 cm³/mol. The van der Waals surface area contributed by atoms with Gasteiger partial charge in [0.15, 0.2) is 0 Å². The molecule has 4 nitrogen and oxygen atoms in total. The van der Waals surface area contributed by atoms with Crippen LogP contribution < -0.4 is 5.46 Å². The number of nitrogens with zero attached hydrogens (tertiary/aromatic N) is 1. The molecule has 0 unspecified atom stereocenters. The molecule has 0 aliphatic carbocycles. The average molecular weight is 187 g/mol. The molecule has 0 saturated carbocycles. The summed E-state index contributed by atoms with van der Waals surface area (Å²) in [5.74, 6) is 0. The van der Waals surface area contributed by atoms with Gasteiger partial charge in [0.05, 0.1) is 5.69 Å². The molecule has 70 valence electrons. The largest absolute Gasteiger partial charge is 0.488 e. The topological polar surface area (TPSA) is 73.6 Å². The Morgan fingerprint density at radius 3 is 2.77 bits per heavy atom. The Hall–Kier alpha value is -0.905. The van der Waals surface area contributed by atoms with E-state index in [9.17, 15) is 5.11 Å². The van der Waals surface area contributed by atoms with E-state index in [1.807, 2.05) is 0 Å². The van der Waals surface area contributed by atoms with Gasteiger partial charge >= 0.3 is 7.12 Å². The first-order valence-electron chi connectivity index (χ1n) is 6.46. The number of aromatic nitrogens is 1.